The van der Waals surface area contributed by atoms with E-state index in [0.29, 0.717) is 12.3 Å². The number of carbonyl (C=O) groups is 3. The van der Waals surface area contributed by atoms with E-state index in [1.165, 1.54) is 6.92 Å². The standard InChI is InChI=1S/C14H26N2O5/c1-5-21-13(19)10(4)16-14(20)15-8-11(6-9(2)3)7-12(17)18/h9-11H,5-8H2,1-4H3,(H,17,18)(H2,15,16,20)/t10?,11-/m0/s1. The van der Waals surface area contributed by atoms with Crippen LogP contribution in [-0.4, -0.2) is 42.3 Å². The van der Waals surface area contributed by atoms with Crippen molar-refractivity contribution >= 4 is 18.0 Å². The van der Waals surface area contributed by atoms with E-state index < -0.39 is 24.0 Å². The maximum atomic E-state index is 11.7. The van der Waals surface area contributed by atoms with Gasteiger partial charge in [0.15, 0.2) is 0 Å². The molecule has 21 heavy (non-hydrogen) atoms. The summed E-state index contributed by atoms with van der Waals surface area (Å²) in [5.74, 6) is -1.18. The molecular formula is C14H26N2O5. The topological polar surface area (TPSA) is 105 Å². The predicted octanol–water partition coefficient (Wildman–Crippen LogP) is 1.37. The highest BCUT2D eigenvalue weighted by molar-refractivity contribution is 5.83. The largest absolute Gasteiger partial charge is 0.481 e. The smallest absolute Gasteiger partial charge is 0.328 e. The molecule has 0 fully saturated rings. The van der Waals surface area contributed by atoms with E-state index in [2.05, 4.69) is 10.6 Å². The van der Waals surface area contributed by atoms with Gasteiger partial charge in [0.25, 0.3) is 0 Å². The number of aliphatic carboxylic acids is 1. The van der Waals surface area contributed by atoms with Crippen molar-refractivity contribution in [1.29, 1.82) is 0 Å². The third-order valence-corrected chi connectivity index (χ3v) is 2.81. The molecule has 0 bridgehead atoms. The third kappa shape index (κ3) is 9.70. The number of carbonyl (C=O) groups excluding carboxylic acids is 2. The van der Waals surface area contributed by atoms with Crippen molar-refractivity contribution in [2.45, 2.75) is 46.6 Å². The Hall–Kier alpha value is -1.79. The van der Waals surface area contributed by atoms with Gasteiger partial charge >= 0.3 is 18.0 Å². The maximum absolute atomic E-state index is 11.7. The summed E-state index contributed by atoms with van der Waals surface area (Å²) in [6.45, 7) is 7.72. The van der Waals surface area contributed by atoms with Crippen molar-refractivity contribution in [2.24, 2.45) is 11.8 Å². The molecule has 0 aliphatic carbocycles. The molecule has 3 N–H and O–H groups in total. The number of nitrogens with one attached hydrogen (secondary N) is 2. The van der Waals surface area contributed by atoms with Gasteiger partial charge in [0.05, 0.1) is 6.61 Å². The first kappa shape index (κ1) is 19.2. The van der Waals surface area contributed by atoms with Crippen molar-refractivity contribution < 1.29 is 24.2 Å². The zero-order valence-corrected chi connectivity index (χ0v) is 13.1. The van der Waals surface area contributed by atoms with Crippen LogP contribution in [0.15, 0.2) is 0 Å². The molecule has 0 radical (unpaired) electrons. The minimum Gasteiger partial charge on any atom is -0.481 e. The lowest BCUT2D eigenvalue weighted by atomic mass is 9.94. The lowest BCUT2D eigenvalue weighted by Gasteiger charge is -2.19. The van der Waals surface area contributed by atoms with Gasteiger partial charge in [-0.1, -0.05) is 13.8 Å². The molecular weight excluding hydrogens is 276 g/mol. The highest BCUT2D eigenvalue weighted by atomic mass is 16.5. The van der Waals surface area contributed by atoms with E-state index in [0.717, 1.165) is 0 Å². The summed E-state index contributed by atoms with van der Waals surface area (Å²) < 4.78 is 4.78. The summed E-state index contributed by atoms with van der Waals surface area (Å²) in [5, 5.41) is 13.9. The van der Waals surface area contributed by atoms with Crippen molar-refractivity contribution in [3.8, 4) is 0 Å². The van der Waals surface area contributed by atoms with Gasteiger partial charge in [-0.25, -0.2) is 9.59 Å². The van der Waals surface area contributed by atoms with Crippen LogP contribution < -0.4 is 10.6 Å². The summed E-state index contributed by atoms with van der Waals surface area (Å²) in [6, 6.07) is -1.25. The molecule has 0 rings (SSSR count). The minimum atomic E-state index is -0.886. The Bertz CT molecular complexity index is 357. The van der Waals surface area contributed by atoms with Gasteiger partial charge in [-0.2, -0.15) is 0 Å². The van der Waals surface area contributed by atoms with Crippen LogP contribution in [0.3, 0.4) is 0 Å². The Kier molecular flexibility index (Phi) is 9.16. The van der Waals surface area contributed by atoms with E-state index in [-0.39, 0.29) is 25.5 Å². The average molecular weight is 302 g/mol. The van der Waals surface area contributed by atoms with E-state index in [4.69, 9.17) is 9.84 Å². The Morgan fingerprint density at radius 1 is 1.19 bits per heavy atom. The minimum absolute atomic E-state index is 0.00584. The Morgan fingerprint density at radius 2 is 1.81 bits per heavy atom. The van der Waals surface area contributed by atoms with Crippen LogP contribution in [0, 0.1) is 11.8 Å². The van der Waals surface area contributed by atoms with Crippen LogP contribution in [0.1, 0.15) is 40.5 Å². The van der Waals surface area contributed by atoms with Crippen LogP contribution in [0.5, 0.6) is 0 Å². The molecule has 0 saturated carbocycles. The van der Waals surface area contributed by atoms with Crippen LogP contribution >= 0.6 is 0 Å². The fourth-order valence-corrected chi connectivity index (χ4v) is 1.96. The quantitative estimate of drug-likeness (QED) is 0.558. The van der Waals surface area contributed by atoms with E-state index in [1.807, 2.05) is 13.8 Å². The summed E-state index contributed by atoms with van der Waals surface area (Å²) >= 11 is 0. The fourth-order valence-electron chi connectivity index (χ4n) is 1.96. The van der Waals surface area contributed by atoms with Crippen molar-refractivity contribution in [2.75, 3.05) is 13.2 Å². The molecule has 122 valence electrons. The number of carboxylic acid groups (broad SMARTS) is 1. The molecule has 0 heterocycles. The van der Waals surface area contributed by atoms with E-state index in [9.17, 15) is 14.4 Å². The first-order chi connectivity index (χ1) is 9.76. The van der Waals surface area contributed by atoms with Gasteiger partial charge in [-0.3, -0.25) is 4.79 Å². The summed E-state index contributed by atoms with van der Waals surface area (Å²) in [5.41, 5.74) is 0. The highest BCUT2D eigenvalue weighted by Gasteiger charge is 2.19. The lowest BCUT2D eigenvalue weighted by Crippen LogP contribution is -2.46. The third-order valence-electron chi connectivity index (χ3n) is 2.81. The monoisotopic (exact) mass is 302 g/mol. The molecule has 2 amide bonds. The first-order valence-electron chi connectivity index (χ1n) is 7.19. The van der Waals surface area contributed by atoms with Gasteiger partial charge < -0.3 is 20.5 Å². The highest BCUT2D eigenvalue weighted by Crippen LogP contribution is 2.14. The fraction of sp³-hybridized carbons (Fsp3) is 0.786. The molecule has 0 aromatic rings. The zero-order valence-electron chi connectivity index (χ0n) is 13.1. The molecule has 7 nitrogen and oxygen atoms in total. The van der Waals surface area contributed by atoms with Crippen LogP contribution in [-0.2, 0) is 14.3 Å². The Labute approximate surface area is 125 Å². The van der Waals surface area contributed by atoms with Gasteiger partial charge in [-0.15, -0.1) is 0 Å². The molecule has 0 spiro atoms. The van der Waals surface area contributed by atoms with Crippen LogP contribution in [0.25, 0.3) is 0 Å². The molecule has 7 heteroatoms. The van der Waals surface area contributed by atoms with Crippen molar-refractivity contribution in [1.82, 2.24) is 10.6 Å². The second-order valence-corrected chi connectivity index (χ2v) is 5.42. The summed E-state index contributed by atoms with van der Waals surface area (Å²) in [7, 11) is 0. The molecule has 0 aliphatic heterocycles. The van der Waals surface area contributed by atoms with Crippen molar-refractivity contribution in [3.05, 3.63) is 0 Å². The number of rotatable bonds is 9. The number of hydrogen-bond acceptors (Lipinski definition) is 4. The number of carboxylic acids is 1. The molecule has 0 saturated heterocycles. The molecule has 0 aromatic carbocycles. The second-order valence-electron chi connectivity index (χ2n) is 5.42. The van der Waals surface area contributed by atoms with Crippen LogP contribution in [0.4, 0.5) is 4.79 Å². The second kappa shape index (κ2) is 10.0. The number of urea groups is 1. The van der Waals surface area contributed by atoms with Gasteiger partial charge in [0.1, 0.15) is 6.04 Å². The number of esters is 1. The molecule has 0 aromatic heterocycles. The average Bonchev–Trinajstić information content (AvgIpc) is 2.34. The number of ether oxygens (including phenoxy) is 1. The van der Waals surface area contributed by atoms with E-state index >= 15 is 0 Å². The van der Waals surface area contributed by atoms with Gasteiger partial charge in [-0.05, 0) is 32.1 Å². The summed E-state index contributed by atoms with van der Waals surface area (Å²) in [6.07, 6.45) is 0.714. The summed E-state index contributed by atoms with van der Waals surface area (Å²) in [4.78, 5) is 33.8. The number of amides is 2. The van der Waals surface area contributed by atoms with Gasteiger partial charge in [0, 0.05) is 13.0 Å². The zero-order chi connectivity index (χ0) is 16.4. The molecule has 0 aliphatic rings. The lowest BCUT2D eigenvalue weighted by molar-refractivity contribution is -0.144. The SMILES string of the molecule is CCOC(=O)C(C)NC(=O)NC[C@H](CC(=O)O)CC(C)C. The Balaban J connectivity index is 4.23. The normalized spacial score (nSPS) is 13.4. The van der Waals surface area contributed by atoms with Crippen molar-refractivity contribution in [3.63, 3.8) is 0 Å². The van der Waals surface area contributed by atoms with Gasteiger partial charge in [0.2, 0.25) is 0 Å². The maximum Gasteiger partial charge on any atom is 0.328 e. The van der Waals surface area contributed by atoms with E-state index in [1.54, 1.807) is 6.92 Å². The predicted molar refractivity (Wildman–Crippen MR) is 77.8 cm³/mol. The van der Waals surface area contributed by atoms with Crippen LogP contribution in [0.2, 0.25) is 0 Å². The number of hydrogen-bond donors (Lipinski definition) is 3. The first-order valence-corrected chi connectivity index (χ1v) is 7.19. The molecule has 1 unspecified atom stereocenters. The Morgan fingerprint density at radius 3 is 2.29 bits per heavy atom. The molecule has 2 atom stereocenters.